The molecule has 1 nitrogen and oxygen atoms in total. The fraction of sp³-hybridized carbons (Fsp3) is 0.364. The van der Waals surface area contributed by atoms with Crippen LogP contribution in [-0.2, 0) is 6.42 Å². The van der Waals surface area contributed by atoms with E-state index >= 15 is 0 Å². The van der Waals surface area contributed by atoms with E-state index in [9.17, 15) is 0 Å². The molecule has 0 spiro atoms. The smallest absolute Gasteiger partial charge is 0.0666 e. The van der Waals surface area contributed by atoms with E-state index in [0.29, 0.717) is 5.92 Å². The number of rotatable bonds is 1. The van der Waals surface area contributed by atoms with E-state index in [1.54, 1.807) is 0 Å². The quantitative estimate of drug-likeness (QED) is 0.646. The Hall–Kier alpha value is -0.820. The molecule has 1 aromatic rings. The molecule has 0 bridgehead atoms. The van der Waals surface area contributed by atoms with Crippen LogP contribution < -0.4 is 0 Å². The predicted molar refractivity (Wildman–Crippen MR) is 57.1 cm³/mol. The van der Waals surface area contributed by atoms with E-state index in [1.165, 1.54) is 11.3 Å². The Kier molecular flexibility index (Phi) is 2.12. The second-order valence-corrected chi connectivity index (χ2v) is 4.14. The Morgan fingerprint density at radius 3 is 2.85 bits per heavy atom. The summed E-state index contributed by atoms with van der Waals surface area (Å²) in [7, 11) is 0. The standard InChI is InChI=1S/C11H12ClN/c1-7(2)11-6-8-5-9(12)3-4-10(8)13-11/h3-5,7H,6H2,1-2H3. The number of halogens is 1. The van der Waals surface area contributed by atoms with Gasteiger partial charge in [0.1, 0.15) is 0 Å². The first-order valence-electron chi connectivity index (χ1n) is 4.52. The van der Waals surface area contributed by atoms with Crippen molar-refractivity contribution in [1.82, 2.24) is 0 Å². The zero-order valence-corrected chi connectivity index (χ0v) is 8.60. The summed E-state index contributed by atoms with van der Waals surface area (Å²) in [6, 6.07) is 5.90. The summed E-state index contributed by atoms with van der Waals surface area (Å²) in [6.45, 7) is 4.35. The Labute approximate surface area is 83.4 Å². The molecule has 0 radical (unpaired) electrons. The first-order chi connectivity index (χ1) is 6.16. The van der Waals surface area contributed by atoms with Crippen molar-refractivity contribution in [3.63, 3.8) is 0 Å². The second kappa shape index (κ2) is 3.15. The Morgan fingerprint density at radius 2 is 2.15 bits per heavy atom. The molecule has 68 valence electrons. The molecule has 0 aliphatic carbocycles. The largest absolute Gasteiger partial charge is 0.257 e. The summed E-state index contributed by atoms with van der Waals surface area (Å²) >= 11 is 5.90. The SMILES string of the molecule is CC(C)C1=Nc2ccc(Cl)cc2C1. The Balaban J connectivity index is 2.36. The highest BCUT2D eigenvalue weighted by molar-refractivity contribution is 6.30. The van der Waals surface area contributed by atoms with Gasteiger partial charge in [0.15, 0.2) is 0 Å². The van der Waals surface area contributed by atoms with Crippen molar-refractivity contribution in [2.75, 3.05) is 0 Å². The normalized spacial score (nSPS) is 14.6. The molecule has 0 amide bonds. The van der Waals surface area contributed by atoms with Gasteiger partial charge in [-0.1, -0.05) is 25.4 Å². The van der Waals surface area contributed by atoms with Crippen LogP contribution in [0.2, 0.25) is 5.02 Å². The third-order valence-corrected chi connectivity index (χ3v) is 2.58. The van der Waals surface area contributed by atoms with Crippen molar-refractivity contribution in [2.24, 2.45) is 10.9 Å². The first-order valence-corrected chi connectivity index (χ1v) is 4.90. The molecular weight excluding hydrogens is 182 g/mol. The van der Waals surface area contributed by atoms with Crippen LogP contribution in [0.3, 0.4) is 0 Å². The molecule has 1 aromatic carbocycles. The lowest BCUT2D eigenvalue weighted by Gasteiger charge is -2.01. The van der Waals surface area contributed by atoms with Gasteiger partial charge in [-0.15, -0.1) is 0 Å². The molecule has 0 N–H and O–H groups in total. The van der Waals surface area contributed by atoms with Crippen molar-refractivity contribution in [3.8, 4) is 0 Å². The monoisotopic (exact) mass is 193 g/mol. The third kappa shape index (κ3) is 1.61. The maximum absolute atomic E-state index is 5.90. The van der Waals surface area contributed by atoms with Crippen LogP contribution in [0.15, 0.2) is 23.2 Å². The summed E-state index contributed by atoms with van der Waals surface area (Å²) < 4.78 is 0. The fourth-order valence-electron chi connectivity index (χ4n) is 1.53. The molecule has 13 heavy (non-hydrogen) atoms. The van der Waals surface area contributed by atoms with Gasteiger partial charge in [-0.2, -0.15) is 0 Å². The molecule has 0 unspecified atom stereocenters. The van der Waals surface area contributed by atoms with E-state index in [2.05, 4.69) is 18.8 Å². The fourth-order valence-corrected chi connectivity index (χ4v) is 1.72. The van der Waals surface area contributed by atoms with Crippen molar-refractivity contribution in [2.45, 2.75) is 20.3 Å². The summed E-state index contributed by atoms with van der Waals surface area (Å²) in [6.07, 6.45) is 0.966. The lowest BCUT2D eigenvalue weighted by molar-refractivity contribution is 0.871. The molecule has 0 fully saturated rings. The molecule has 0 aromatic heterocycles. The molecule has 0 atom stereocenters. The molecule has 1 heterocycles. The lowest BCUT2D eigenvalue weighted by Crippen LogP contribution is -2.06. The van der Waals surface area contributed by atoms with Crippen molar-refractivity contribution in [1.29, 1.82) is 0 Å². The van der Waals surface area contributed by atoms with Crippen LogP contribution in [0.4, 0.5) is 5.69 Å². The van der Waals surface area contributed by atoms with Gasteiger partial charge < -0.3 is 0 Å². The zero-order chi connectivity index (χ0) is 9.42. The highest BCUT2D eigenvalue weighted by Gasteiger charge is 2.16. The molecular formula is C11H12ClN. The van der Waals surface area contributed by atoms with E-state index < -0.39 is 0 Å². The number of hydrogen-bond acceptors (Lipinski definition) is 1. The third-order valence-electron chi connectivity index (χ3n) is 2.34. The minimum atomic E-state index is 0.533. The van der Waals surface area contributed by atoms with Gasteiger partial charge in [0, 0.05) is 17.2 Å². The Bertz CT molecular complexity index is 366. The minimum Gasteiger partial charge on any atom is -0.257 e. The number of fused-ring (bicyclic) bond motifs is 1. The summed E-state index contributed by atoms with van der Waals surface area (Å²) in [4.78, 5) is 4.55. The van der Waals surface area contributed by atoms with Crippen molar-refractivity contribution >= 4 is 23.0 Å². The molecule has 1 aliphatic heterocycles. The Morgan fingerprint density at radius 1 is 1.38 bits per heavy atom. The number of hydrogen-bond donors (Lipinski definition) is 0. The average Bonchev–Trinajstić information content (AvgIpc) is 2.46. The van der Waals surface area contributed by atoms with Crippen molar-refractivity contribution in [3.05, 3.63) is 28.8 Å². The topological polar surface area (TPSA) is 12.4 Å². The summed E-state index contributed by atoms with van der Waals surface area (Å²) in [5.41, 5.74) is 3.61. The molecule has 0 saturated carbocycles. The molecule has 2 heteroatoms. The number of benzene rings is 1. The lowest BCUT2D eigenvalue weighted by atomic mass is 10.0. The van der Waals surface area contributed by atoms with Crippen LogP contribution in [0.1, 0.15) is 19.4 Å². The van der Waals surface area contributed by atoms with Gasteiger partial charge in [0.2, 0.25) is 0 Å². The van der Waals surface area contributed by atoms with Crippen LogP contribution in [0, 0.1) is 5.92 Å². The summed E-state index contributed by atoms with van der Waals surface area (Å²) in [5, 5.41) is 0.805. The van der Waals surface area contributed by atoms with Crippen LogP contribution in [0.25, 0.3) is 0 Å². The van der Waals surface area contributed by atoms with Crippen LogP contribution in [0.5, 0.6) is 0 Å². The van der Waals surface area contributed by atoms with E-state index in [4.69, 9.17) is 11.6 Å². The highest BCUT2D eigenvalue weighted by Crippen LogP contribution is 2.30. The highest BCUT2D eigenvalue weighted by atomic mass is 35.5. The molecule has 2 rings (SSSR count). The number of aliphatic imine (C=N–C) groups is 1. The van der Waals surface area contributed by atoms with Gasteiger partial charge in [-0.05, 0) is 29.7 Å². The zero-order valence-electron chi connectivity index (χ0n) is 7.84. The maximum Gasteiger partial charge on any atom is 0.0666 e. The van der Waals surface area contributed by atoms with E-state index in [-0.39, 0.29) is 0 Å². The van der Waals surface area contributed by atoms with E-state index in [1.807, 2.05) is 18.2 Å². The predicted octanol–water partition coefficient (Wildman–Crippen LogP) is 3.62. The van der Waals surface area contributed by atoms with Crippen LogP contribution in [-0.4, -0.2) is 5.71 Å². The minimum absolute atomic E-state index is 0.533. The molecule has 1 aliphatic rings. The molecule has 0 saturated heterocycles. The van der Waals surface area contributed by atoms with Crippen LogP contribution >= 0.6 is 11.6 Å². The second-order valence-electron chi connectivity index (χ2n) is 3.71. The van der Waals surface area contributed by atoms with Gasteiger partial charge >= 0.3 is 0 Å². The average molecular weight is 194 g/mol. The van der Waals surface area contributed by atoms with Crippen molar-refractivity contribution < 1.29 is 0 Å². The van der Waals surface area contributed by atoms with Gasteiger partial charge in [-0.3, -0.25) is 4.99 Å². The van der Waals surface area contributed by atoms with Gasteiger partial charge in [0.05, 0.1) is 5.69 Å². The summed E-state index contributed by atoms with van der Waals surface area (Å²) in [5.74, 6) is 0.533. The van der Waals surface area contributed by atoms with E-state index in [0.717, 1.165) is 17.1 Å². The van der Waals surface area contributed by atoms with Gasteiger partial charge in [0.25, 0.3) is 0 Å². The first kappa shape index (κ1) is 8.76. The van der Waals surface area contributed by atoms with Gasteiger partial charge in [-0.25, -0.2) is 0 Å². The number of nitrogens with zero attached hydrogens (tertiary/aromatic N) is 1. The maximum atomic E-state index is 5.90.